The van der Waals surface area contributed by atoms with Gasteiger partial charge in [0.2, 0.25) is 0 Å². The number of hydrogen-bond donors (Lipinski definition) is 0. The first-order chi connectivity index (χ1) is 11.3. The van der Waals surface area contributed by atoms with E-state index in [0.29, 0.717) is 11.6 Å². The summed E-state index contributed by atoms with van der Waals surface area (Å²) in [4.78, 5) is 0. The van der Waals surface area contributed by atoms with Crippen molar-refractivity contribution in [3.8, 4) is 11.1 Å². The van der Waals surface area contributed by atoms with Crippen LogP contribution in [0.15, 0.2) is 66.8 Å². The Kier molecular flexibility index (Phi) is 3.95. The molecule has 0 aromatic heterocycles. The van der Waals surface area contributed by atoms with E-state index in [9.17, 15) is 0 Å². The van der Waals surface area contributed by atoms with Crippen molar-refractivity contribution in [1.29, 1.82) is 0 Å². The monoisotopic (exact) mass is 318 g/mol. The first-order valence-corrected chi connectivity index (χ1v) is 10.4. The molecule has 116 valence electrons. The molecule has 0 amide bonds. The van der Waals surface area contributed by atoms with Gasteiger partial charge in [0.05, 0.1) is 0 Å². The molecule has 0 saturated carbocycles. The third kappa shape index (κ3) is 2.32. The average molecular weight is 318 g/mol. The molecule has 2 aromatic carbocycles. The fourth-order valence-corrected chi connectivity index (χ4v) is 6.61. The second kappa shape index (κ2) is 6.10. The molecule has 0 spiro atoms. The van der Waals surface area contributed by atoms with Crippen LogP contribution in [0.1, 0.15) is 42.1 Å². The van der Waals surface area contributed by atoms with Gasteiger partial charge in [0.25, 0.3) is 0 Å². The SMILES string of the molecule is CCP(CC)C1c2ccccc2-c2cccc(C3C=CC=C3)c21. The highest BCUT2D eigenvalue weighted by molar-refractivity contribution is 7.58. The van der Waals surface area contributed by atoms with Crippen molar-refractivity contribution in [2.75, 3.05) is 12.3 Å². The van der Waals surface area contributed by atoms with Crippen LogP contribution in [-0.4, -0.2) is 12.3 Å². The molecule has 4 rings (SSSR count). The van der Waals surface area contributed by atoms with Gasteiger partial charge in [-0.05, 0) is 40.1 Å². The largest absolute Gasteiger partial charge is 0.0949 e. The molecule has 0 nitrogen and oxygen atoms in total. The van der Waals surface area contributed by atoms with Crippen LogP contribution in [0.4, 0.5) is 0 Å². The van der Waals surface area contributed by atoms with Crippen LogP contribution < -0.4 is 0 Å². The highest BCUT2D eigenvalue weighted by atomic mass is 31.1. The highest BCUT2D eigenvalue weighted by Crippen LogP contribution is 2.62. The van der Waals surface area contributed by atoms with Crippen LogP contribution in [0.25, 0.3) is 11.1 Å². The number of fused-ring (bicyclic) bond motifs is 3. The van der Waals surface area contributed by atoms with Gasteiger partial charge in [-0.1, -0.05) is 88.5 Å². The van der Waals surface area contributed by atoms with Crippen LogP contribution in [0.5, 0.6) is 0 Å². The van der Waals surface area contributed by atoms with Gasteiger partial charge >= 0.3 is 0 Å². The van der Waals surface area contributed by atoms with Crippen molar-refractivity contribution in [3.63, 3.8) is 0 Å². The quantitative estimate of drug-likeness (QED) is 0.565. The van der Waals surface area contributed by atoms with Crippen LogP contribution in [0, 0.1) is 0 Å². The van der Waals surface area contributed by atoms with Gasteiger partial charge in [0.15, 0.2) is 0 Å². The summed E-state index contributed by atoms with van der Waals surface area (Å²) in [5.41, 5.74) is 8.26. The average Bonchev–Trinajstić information content (AvgIpc) is 3.23. The van der Waals surface area contributed by atoms with Crippen LogP contribution in [0.3, 0.4) is 0 Å². The van der Waals surface area contributed by atoms with Gasteiger partial charge in [-0.15, -0.1) is 0 Å². The van der Waals surface area contributed by atoms with Crippen molar-refractivity contribution < 1.29 is 0 Å². The molecule has 0 N–H and O–H groups in total. The molecular formula is C22H23P. The standard InChI is InChI=1S/C22H23P/c1-3-23(4-2)22-20-13-8-7-12-18(20)19-15-9-14-17(21(19)22)16-10-5-6-11-16/h5-16,22H,3-4H2,1-2H3. The fraction of sp³-hybridized carbons (Fsp3) is 0.273. The molecule has 1 atom stereocenters. The van der Waals surface area contributed by atoms with Crippen molar-refractivity contribution in [2.45, 2.75) is 25.4 Å². The predicted octanol–water partition coefficient (Wildman–Crippen LogP) is 6.49. The lowest BCUT2D eigenvalue weighted by molar-refractivity contribution is 1.03. The molecule has 0 saturated heterocycles. The van der Waals surface area contributed by atoms with Crippen LogP contribution >= 0.6 is 7.92 Å². The van der Waals surface area contributed by atoms with Crippen molar-refractivity contribution >= 4 is 7.92 Å². The maximum absolute atomic E-state index is 2.37. The molecule has 1 heteroatoms. The topological polar surface area (TPSA) is 0 Å². The van der Waals surface area contributed by atoms with E-state index in [-0.39, 0.29) is 7.92 Å². The summed E-state index contributed by atoms with van der Waals surface area (Å²) in [6, 6.07) is 16.0. The van der Waals surface area contributed by atoms with Gasteiger partial charge in [-0.3, -0.25) is 0 Å². The van der Waals surface area contributed by atoms with Crippen molar-refractivity contribution in [2.24, 2.45) is 0 Å². The Morgan fingerprint density at radius 2 is 1.43 bits per heavy atom. The molecule has 0 radical (unpaired) electrons. The lowest BCUT2D eigenvalue weighted by atomic mass is 9.92. The first kappa shape index (κ1) is 14.9. The highest BCUT2D eigenvalue weighted by Gasteiger charge is 2.35. The van der Waals surface area contributed by atoms with E-state index in [1.54, 1.807) is 11.1 Å². The zero-order valence-electron chi connectivity index (χ0n) is 13.9. The minimum Gasteiger partial charge on any atom is -0.0949 e. The summed E-state index contributed by atoms with van der Waals surface area (Å²) in [5.74, 6) is 0.451. The second-order valence-corrected chi connectivity index (χ2v) is 9.27. The molecule has 23 heavy (non-hydrogen) atoms. The third-order valence-electron chi connectivity index (χ3n) is 5.24. The van der Waals surface area contributed by atoms with Gasteiger partial charge in [0.1, 0.15) is 0 Å². The van der Waals surface area contributed by atoms with Crippen molar-refractivity contribution in [3.05, 3.63) is 83.5 Å². The van der Waals surface area contributed by atoms with E-state index in [0.717, 1.165) is 0 Å². The molecule has 2 aliphatic rings. The Morgan fingerprint density at radius 1 is 0.783 bits per heavy atom. The molecule has 2 aromatic rings. The van der Waals surface area contributed by atoms with Crippen molar-refractivity contribution in [1.82, 2.24) is 0 Å². The maximum atomic E-state index is 2.37. The number of allylic oxidation sites excluding steroid dienone is 4. The number of rotatable bonds is 4. The molecule has 0 aliphatic heterocycles. The molecule has 1 unspecified atom stereocenters. The van der Waals surface area contributed by atoms with Gasteiger partial charge in [-0.25, -0.2) is 0 Å². The van der Waals surface area contributed by atoms with Gasteiger partial charge < -0.3 is 0 Å². The zero-order valence-corrected chi connectivity index (χ0v) is 14.8. The number of hydrogen-bond acceptors (Lipinski definition) is 0. The summed E-state index contributed by atoms with van der Waals surface area (Å²) in [7, 11) is -0.00933. The van der Waals surface area contributed by atoms with Gasteiger partial charge in [0, 0.05) is 11.6 Å². The van der Waals surface area contributed by atoms with E-state index < -0.39 is 0 Å². The van der Waals surface area contributed by atoms with E-state index >= 15 is 0 Å². The Morgan fingerprint density at radius 3 is 2.17 bits per heavy atom. The van der Waals surface area contributed by atoms with Gasteiger partial charge in [-0.2, -0.15) is 0 Å². The normalized spacial score (nSPS) is 18.7. The summed E-state index contributed by atoms with van der Waals surface area (Å²) in [6.45, 7) is 4.74. The Bertz CT molecular complexity index is 768. The summed E-state index contributed by atoms with van der Waals surface area (Å²) < 4.78 is 0. The van der Waals surface area contributed by atoms with Crippen LogP contribution in [-0.2, 0) is 0 Å². The first-order valence-electron chi connectivity index (χ1n) is 8.66. The van der Waals surface area contributed by atoms with E-state index in [2.05, 4.69) is 80.6 Å². The van der Waals surface area contributed by atoms with Crippen LogP contribution in [0.2, 0.25) is 0 Å². The lowest BCUT2D eigenvalue weighted by Crippen LogP contribution is -2.04. The van der Waals surface area contributed by atoms with E-state index in [4.69, 9.17) is 0 Å². The Labute approximate surface area is 140 Å². The summed E-state index contributed by atoms with van der Waals surface area (Å²) in [5, 5.41) is 0. The second-order valence-electron chi connectivity index (χ2n) is 6.32. The van der Waals surface area contributed by atoms with E-state index in [1.807, 2.05) is 0 Å². The maximum Gasteiger partial charge on any atom is 0.0306 e. The summed E-state index contributed by atoms with van der Waals surface area (Å²) in [6.07, 6.45) is 11.6. The fourth-order valence-electron chi connectivity index (χ4n) is 4.16. The molecular weight excluding hydrogens is 295 g/mol. The van der Waals surface area contributed by atoms with E-state index in [1.165, 1.54) is 29.0 Å². The molecule has 2 aliphatic carbocycles. The number of benzene rings is 2. The summed E-state index contributed by atoms with van der Waals surface area (Å²) >= 11 is 0. The molecule has 0 fully saturated rings. The molecule has 0 heterocycles. The molecule has 0 bridgehead atoms. The Hall–Kier alpha value is -1.65. The minimum absolute atomic E-state index is 0.00933. The zero-order chi connectivity index (χ0) is 15.8. The predicted molar refractivity (Wildman–Crippen MR) is 103 cm³/mol. The minimum atomic E-state index is -0.00933. The third-order valence-corrected chi connectivity index (χ3v) is 8.13. The Balaban J connectivity index is 1.95. The lowest BCUT2D eigenvalue weighted by Gasteiger charge is -2.26. The smallest absolute Gasteiger partial charge is 0.0306 e.